The van der Waals surface area contributed by atoms with E-state index in [0.29, 0.717) is 30.0 Å². The molecule has 0 aliphatic heterocycles. The van der Waals surface area contributed by atoms with E-state index in [4.69, 9.17) is 0 Å². The van der Waals surface area contributed by atoms with Gasteiger partial charge in [-0.05, 0) is 92.1 Å². The summed E-state index contributed by atoms with van der Waals surface area (Å²) in [4.78, 5) is 24.3. The molecule has 0 amide bonds. The predicted octanol–water partition coefficient (Wildman–Crippen LogP) is 4.25. The molecule has 0 aromatic rings. The highest BCUT2D eigenvalue weighted by Crippen LogP contribution is 2.66. The van der Waals surface area contributed by atoms with Crippen LogP contribution in [0.1, 0.15) is 65.2 Å². The quantitative estimate of drug-likeness (QED) is 0.819. The molecule has 0 spiro atoms. The monoisotopic (exact) mass is 356 g/mol. The number of allylic oxidation sites excluding steroid dienone is 4. The molecule has 142 valence electrons. The molecule has 0 aromatic carbocycles. The van der Waals surface area contributed by atoms with Gasteiger partial charge in [-0.25, -0.2) is 0 Å². The van der Waals surface area contributed by atoms with Gasteiger partial charge in [-0.2, -0.15) is 0 Å². The summed E-state index contributed by atoms with van der Waals surface area (Å²) in [6, 6.07) is 0. The number of aliphatic hydroxyl groups is 1. The van der Waals surface area contributed by atoms with Gasteiger partial charge in [0.2, 0.25) is 0 Å². The average Bonchev–Trinajstić information content (AvgIpc) is 3.00. The first kappa shape index (κ1) is 18.2. The third-order valence-corrected chi connectivity index (χ3v) is 8.52. The highest BCUT2D eigenvalue weighted by Gasteiger charge is 2.60. The molecule has 4 aliphatic rings. The lowest BCUT2D eigenvalue weighted by Gasteiger charge is -2.57. The van der Waals surface area contributed by atoms with Gasteiger partial charge in [0, 0.05) is 18.9 Å². The van der Waals surface area contributed by atoms with Crippen molar-refractivity contribution in [1.82, 2.24) is 0 Å². The van der Waals surface area contributed by atoms with Gasteiger partial charge in [0.1, 0.15) is 5.78 Å². The molecule has 2 saturated carbocycles. The molecule has 4 aliphatic carbocycles. The lowest BCUT2D eigenvalue weighted by molar-refractivity contribution is -0.128. The smallest absolute Gasteiger partial charge is 0.156 e. The van der Waals surface area contributed by atoms with E-state index in [1.165, 1.54) is 5.57 Å². The van der Waals surface area contributed by atoms with Crippen molar-refractivity contribution in [3.63, 3.8) is 0 Å². The van der Waals surface area contributed by atoms with Crippen LogP contribution in [0, 0.1) is 34.5 Å². The largest absolute Gasteiger partial charge is 0.396 e. The van der Waals surface area contributed by atoms with Gasteiger partial charge >= 0.3 is 0 Å². The fraction of sp³-hybridized carbons (Fsp3) is 0.739. The van der Waals surface area contributed by atoms with E-state index in [0.717, 1.165) is 44.9 Å². The van der Waals surface area contributed by atoms with Gasteiger partial charge in [0.25, 0.3) is 0 Å². The molecule has 0 bridgehead atoms. The number of fused-ring (bicyclic) bond motifs is 5. The van der Waals surface area contributed by atoms with E-state index in [1.807, 2.05) is 6.08 Å². The highest BCUT2D eigenvalue weighted by molar-refractivity contribution is 5.92. The maximum absolute atomic E-state index is 12.4. The number of ketones is 2. The normalized spacial score (nSPS) is 44.1. The van der Waals surface area contributed by atoms with Gasteiger partial charge < -0.3 is 5.11 Å². The van der Waals surface area contributed by atoms with E-state index >= 15 is 0 Å². The summed E-state index contributed by atoms with van der Waals surface area (Å²) in [7, 11) is 0. The van der Waals surface area contributed by atoms with Crippen LogP contribution in [0.25, 0.3) is 0 Å². The zero-order valence-electron chi connectivity index (χ0n) is 16.2. The molecule has 0 unspecified atom stereocenters. The van der Waals surface area contributed by atoms with E-state index in [1.54, 1.807) is 6.92 Å². The van der Waals surface area contributed by atoms with E-state index in [-0.39, 0.29) is 29.1 Å². The third kappa shape index (κ3) is 2.50. The summed E-state index contributed by atoms with van der Waals surface area (Å²) in [6.07, 6.45) is 14.3. The second kappa shape index (κ2) is 6.44. The second-order valence-corrected chi connectivity index (χ2v) is 9.47. The molecular formula is C23H32O3. The number of carbonyl (C=O) groups is 2. The summed E-state index contributed by atoms with van der Waals surface area (Å²) in [5.74, 6) is 2.44. The van der Waals surface area contributed by atoms with E-state index < -0.39 is 0 Å². The average molecular weight is 357 g/mol. The van der Waals surface area contributed by atoms with Crippen LogP contribution in [0.2, 0.25) is 0 Å². The molecule has 2 fully saturated rings. The molecule has 0 radical (unpaired) electrons. The molecule has 3 heteroatoms. The Kier molecular flexibility index (Phi) is 4.50. The minimum absolute atomic E-state index is 0.0855. The van der Waals surface area contributed by atoms with Crippen LogP contribution in [0.3, 0.4) is 0 Å². The molecule has 6 atom stereocenters. The van der Waals surface area contributed by atoms with Crippen molar-refractivity contribution in [2.24, 2.45) is 34.5 Å². The lowest BCUT2D eigenvalue weighted by Crippen LogP contribution is -2.50. The molecule has 26 heavy (non-hydrogen) atoms. The van der Waals surface area contributed by atoms with Crippen molar-refractivity contribution in [3.8, 4) is 0 Å². The minimum Gasteiger partial charge on any atom is -0.396 e. The Morgan fingerprint density at radius 2 is 2.04 bits per heavy atom. The van der Waals surface area contributed by atoms with Crippen LogP contribution in [0.15, 0.2) is 23.8 Å². The zero-order chi connectivity index (χ0) is 18.5. The number of aliphatic hydroxyl groups excluding tert-OH is 1. The molecular weight excluding hydrogens is 324 g/mol. The first-order valence-corrected chi connectivity index (χ1v) is 10.5. The SMILES string of the molecule is CC(=O)[C@H]1CC[C@H]2[C@@H]3C=CC4=CC(=O)CC[C@@]4(C)[C@@H]3CC[C@]12CCCO. The predicted molar refractivity (Wildman–Crippen MR) is 101 cm³/mol. The van der Waals surface area contributed by atoms with Gasteiger partial charge in [0.15, 0.2) is 5.78 Å². The number of rotatable bonds is 4. The summed E-state index contributed by atoms with van der Waals surface area (Å²) in [6.45, 7) is 4.35. The number of Topliss-reactive ketones (excluding diaryl/α,β-unsaturated/α-hetero) is 1. The Morgan fingerprint density at radius 3 is 2.77 bits per heavy atom. The third-order valence-electron chi connectivity index (χ3n) is 8.52. The Hall–Kier alpha value is -1.22. The zero-order valence-corrected chi connectivity index (χ0v) is 16.2. The standard InChI is InChI=1S/C23H32O3/c1-15(25)19-6-7-21-18-5-4-16-14-17(26)8-11-22(16,2)20(18)9-12-23(19,21)10-3-13-24/h4-5,14,18-21,24H,3,6-13H2,1-2H3/t18-,19-,20-,21+,22-,23-/m1/s1. The maximum atomic E-state index is 12.4. The van der Waals surface area contributed by atoms with Gasteiger partial charge in [-0.3, -0.25) is 9.59 Å². The molecule has 0 aromatic heterocycles. The van der Waals surface area contributed by atoms with Gasteiger partial charge in [-0.1, -0.05) is 19.1 Å². The lowest BCUT2D eigenvalue weighted by atomic mass is 9.47. The summed E-state index contributed by atoms with van der Waals surface area (Å²) in [5.41, 5.74) is 1.44. The van der Waals surface area contributed by atoms with Crippen LogP contribution in [-0.2, 0) is 9.59 Å². The first-order valence-electron chi connectivity index (χ1n) is 10.5. The fourth-order valence-electron chi connectivity index (χ4n) is 7.31. The fourth-order valence-corrected chi connectivity index (χ4v) is 7.31. The summed E-state index contributed by atoms with van der Waals surface area (Å²) < 4.78 is 0. The van der Waals surface area contributed by atoms with Crippen molar-refractivity contribution in [2.45, 2.75) is 65.2 Å². The molecule has 0 heterocycles. The van der Waals surface area contributed by atoms with Crippen LogP contribution in [0.4, 0.5) is 0 Å². The van der Waals surface area contributed by atoms with Crippen LogP contribution in [0.5, 0.6) is 0 Å². The van der Waals surface area contributed by atoms with E-state index in [9.17, 15) is 14.7 Å². The van der Waals surface area contributed by atoms with E-state index in [2.05, 4.69) is 19.1 Å². The van der Waals surface area contributed by atoms with Crippen molar-refractivity contribution >= 4 is 11.6 Å². The van der Waals surface area contributed by atoms with Crippen LogP contribution in [-0.4, -0.2) is 23.3 Å². The van der Waals surface area contributed by atoms with Crippen molar-refractivity contribution in [2.75, 3.05) is 6.61 Å². The number of hydrogen-bond donors (Lipinski definition) is 1. The Morgan fingerprint density at radius 1 is 1.23 bits per heavy atom. The topological polar surface area (TPSA) is 54.4 Å². The van der Waals surface area contributed by atoms with Crippen molar-refractivity contribution < 1.29 is 14.7 Å². The summed E-state index contributed by atoms with van der Waals surface area (Å²) in [5, 5.41) is 9.45. The maximum Gasteiger partial charge on any atom is 0.156 e. The Balaban J connectivity index is 1.72. The Labute approximate surface area is 156 Å². The summed E-state index contributed by atoms with van der Waals surface area (Å²) >= 11 is 0. The molecule has 4 rings (SSSR count). The molecule has 3 nitrogen and oxygen atoms in total. The van der Waals surface area contributed by atoms with Gasteiger partial charge in [-0.15, -0.1) is 0 Å². The number of carbonyl (C=O) groups excluding carboxylic acids is 2. The van der Waals surface area contributed by atoms with Crippen molar-refractivity contribution in [3.05, 3.63) is 23.8 Å². The highest BCUT2D eigenvalue weighted by atomic mass is 16.3. The van der Waals surface area contributed by atoms with Crippen LogP contribution < -0.4 is 0 Å². The van der Waals surface area contributed by atoms with Crippen LogP contribution >= 0.6 is 0 Å². The first-order chi connectivity index (χ1) is 12.4. The number of hydrogen-bond acceptors (Lipinski definition) is 3. The Bertz CT molecular complexity index is 675. The second-order valence-electron chi connectivity index (χ2n) is 9.47. The van der Waals surface area contributed by atoms with Gasteiger partial charge in [0.05, 0.1) is 0 Å². The molecule has 0 saturated heterocycles. The van der Waals surface area contributed by atoms with Crippen molar-refractivity contribution in [1.29, 1.82) is 0 Å². The molecule has 1 N–H and O–H groups in total. The minimum atomic E-state index is 0.0855.